The first-order chi connectivity index (χ1) is 38.2. The van der Waals surface area contributed by atoms with Crippen LogP contribution in [0, 0.1) is 17.5 Å². The molecule has 0 aliphatic carbocycles. The Morgan fingerprint density at radius 1 is 0.607 bits per heavy atom. The number of methoxy groups -OCH3 is 3. The van der Waals surface area contributed by atoms with Gasteiger partial charge in [-0.25, -0.2) is 47.1 Å². The van der Waals surface area contributed by atoms with E-state index >= 15 is 0 Å². The molecule has 1 aliphatic heterocycles. The predicted octanol–water partition coefficient (Wildman–Crippen LogP) is 9.75. The largest absolute Gasteiger partial charge is 0.495 e. The van der Waals surface area contributed by atoms with Crippen LogP contribution in [0.3, 0.4) is 0 Å². The van der Waals surface area contributed by atoms with Gasteiger partial charge in [0, 0.05) is 29.8 Å². The number of nitrogens with one attached hydrogen (secondary N) is 3. The number of carbonyl (C=O) groups is 2. The van der Waals surface area contributed by atoms with Gasteiger partial charge in [-0.2, -0.15) is 44.6 Å². The normalized spacial score (nSPS) is 13.8. The molecule has 35 heteroatoms. The topological polar surface area (TPSA) is 252 Å². The number of ether oxygens (including phenoxy) is 5. The standard InChI is InChI=1S/C19H29BFNO5.C16H18F4N4O3.C11H10F4N4O.C3H2F3N3.ClH/c1-17(2,3)25-16(23)22-11-12-13(9-10-14(24-8)15(12)21)20-26-18(4,5)19(6,7)27-20;1-15(2,3)27-14(25)21-7-9-10(5-6-11(26-4)12(9)17)24-8-22-13(23-24)16(18,19)20;1-20-8-3-2-7(6(4-16)9(8)12)19-5-17-10(18-19)11(13,14)15;4-3(5,6)2-7-1-8-9-2;/h9-10H,11H2,1-8H3,(H,22,23);5-6,8H,7H2,1-4H3,(H,21,25);2-3,5H,4,16H2,1H3;1H,(H,7,8,9);1H. The van der Waals surface area contributed by atoms with Crippen LogP contribution in [-0.2, 0) is 56.9 Å². The second-order valence-electron chi connectivity index (χ2n) is 20.2. The number of hydrogen-bond donors (Lipinski definition) is 4. The summed E-state index contributed by atoms with van der Waals surface area (Å²) in [5.74, 6) is -6.02. The molecular weight excluding hydrogens is 1170 g/mol. The zero-order valence-corrected chi connectivity index (χ0v) is 48.0. The number of nitrogens with two attached hydrogens (primary N) is 1. The first-order valence-electron chi connectivity index (χ1n) is 24.1. The van der Waals surface area contributed by atoms with E-state index in [0.29, 0.717) is 5.46 Å². The van der Waals surface area contributed by atoms with Gasteiger partial charge in [0.1, 0.15) is 30.2 Å². The quantitative estimate of drug-likeness (QED) is 0.0696. The zero-order chi connectivity index (χ0) is 62.8. The molecule has 0 atom stereocenters. The Bertz CT molecular complexity index is 3130. The van der Waals surface area contributed by atoms with Crippen molar-refractivity contribution < 1.29 is 95.3 Å². The molecule has 5 N–H and O–H groups in total. The molecule has 6 aromatic rings. The molecule has 21 nitrogen and oxygen atoms in total. The van der Waals surface area contributed by atoms with Gasteiger partial charge in [0.15, 0.2) is 34.7 Å². The number of benzene rings is 3. The third-order valence-corrected chi connectivity index (χ3v) is 11.3. The van der Waals surface area contributed by atoms with Crippen LogP contribution in [0.5, 0.6) is 17.2 Å². The van der Waals surface area contributed by atoms with Crippen LogP contribution in [-0.4, -0.2) is 108 Å². The first kappa shape index (κ1) is 70.7. The van der Waals surface area contributed by atoms with E-state index in [2.05, 4.69) is 40.9 Å². The number of amides is 2. The molecule has 2 amide bonds. The third kappa shape index (κ3) is 19.0. The summed E-state index contributed by atoms with van der Waals surface area (Å²) in [5.41, 5.74) is 3.51. The number of hydrogen-bond acceptors (Lipinski definition) is 16. The summed E-state index contributed by atoms with van der Waals surface area (Å²) in [5, 5.41) is 16.3. The highest BCUT2D eigenvalue weighted by Gasteiger charge is 2.52. The Hall–Kier alpha value is -7.59. The predicted molar refractivity (Wildman–Crippen MR) is 277 cm³/mol. The first-order valence-corrected chi connectivity index (χ1v) is 24.1. The van der Waals surface area contributed by atoms with Crippen molar-refractivity contribution in [1.82, 2.24) is 55.3 Å². The number of aromatic amines is 1. The molecular formula is C49H60BClF12N12O9. The molecule has 1 aliphatic rings. The summed E-state index contributed by atoms with van der Waals surface area (Å²) < 4.78 is 192. The van der Waals surface area contributed by atoms with Gasteiger partial charge in [-0.15, -0.1) is 22.6 Å². The van der Waals surface area contributed by atoms with E-state index in [1.54, 1.807) is 52.7 Å². The SMILES string of the molecule is COc1ccc(-n2cnc(C(F)(F)F)n2)c(CN)c1F.COc1ccc(-n2cnc(C(F)(F)F)n2)c(CNC(=O)OC(C)(C)C)c1F.COc1ccc(B2OC(C)(C)C(C)(C)O2)c(CNC(=O)OC(C)(C)C)c1F.Cl.FC(F)(F)c1ncn[nH]1. The monoisotopic (exact) mass is 1230 g/mol. The van der Waals surface area contributed by atoms with Crippen molar-refractivity contribution in [2.24, 2.45) is 5.73 Å². The number of alkyl halides is 9. The number of halogens is 13. The van der Waals surface area contributed by atoms with E-state index < -0.39 is 95.2 Å². The lowest BCUT2D eigenvalue weighted by molar-refractivity contribution is -0.145. The van der Waals surface area contributed by atoms with Crippen LogP contribution < -0.4 is 36.0 Å². The van der Waals surface area contributed by atoms with E-state index in [4.69, 9.17) is 38.7 Å². The minimum Gasteiger partial charge on any atom is -0.494 e. The lowest BCUT2D eigenvalue weighted by Crippen LogP contribution is -2.41. The highest BCUT2D eigenvalue weighted by atomic mass is 35.5. The van der Waals surface area contributed by atoms with Gasteiger partial charge < -0.3 is 49.4 Å². The van der Waals surface area contributed by atoms with Crippen molar-refractivity contribution in [3.05, 3.63) is 107 Å². The number of alkyl carbamates (subject to hydrolysis) is 2. The van der Waals surface area contributed by atoms with Crippen molar-refractivity contribution in [3.8, 4) is 28.6 Å². The molecule has 0 unspecified atom stereocenters. The molecule has 464 valence electrons. The fraction of sp³-hybridized carbons (Fsp3) is 0.469. The lowest BCUT2D eigenvalue weighted by atomic mass is 9.75. The van der Waals surface area contributed by atoms with Crippen molar-refractivity contribution in [3.63, 3.8) is 0 Å². The maximum Gasteiger partial charge on any atom is 0.495 e. The molecule has 1 fully saturated rings. The van der Waals surface area contributed by atoms with Gasteiger partial charge in [0.2, 0.25) is 5.82 Å². The average Bonchev–Trinajstić information content (AvgIpc) is 2.30. The number of aromatic nitrogens is 9. The van der Waals surface area contributed by atoms with Crippen LogP contribution in [0.25, 0.3) is 11.4 Å². The van der Waals surface area contributed by atoms with E-state index in [-0.39, 0.29) is 77.4 Å². The Labute approximate surface area is 479 Å². The Kier molecular flexibility index (Phi) is 23.4. The van der Waals surface area contributed by atoms with E-state index in [0.717, 1.165) is 28.3 Å². The van der Waals surface area contributed by atoms with Crippen molar-refractivity contribution in [2.45, 2.75) is 130 Å². The fourth-order valence-electron chi connectivity index (χ4n) is 6.74. The average molecular weight is 1240 g/mol. The molecule has 0 radical (unpaired) electrons. The number of carbonyl (C=O) groups excluding carboxylic acids is 2. The highest BCUT2D eigenvalue weighted by Crippen LogP contribution is 2.38. The molecule has 4 heterocycles. The Balaban J connectivity index is 0.000000308. The molecule has 0 spiro atoms. The summed E-state index contributed by atoms with van der Waals surface area (Å²) in [4.78, 5) is 33.0. The highest BCUT2D eigenvalue weighted by molar-refractivity contribution is 6.62. The second-order valence-corrected chi connectivity index (χ2v) is 20.2. The lowest BCUT2D eigenvalue weighted by Gasteiger charge is -2.32. The summed E-state index contributed by atoms with van der Waals surface area (Å²) >= 11 is 0. The van der Waals surface area contributed by atoms with Crippen LogP contribution in [0.2, 0.25) is 0 Å². The maximum atomic E-state index is 14.9. The molecule has 0 bridgehead atoms. The molecule has 7 rings (SSSR count). The van der Waals surface area contributed by atoms with Crippen molar-refractivity contribution in [2.75, 3.05) is 21.3 Å². The van der Waals surface area contributed by atoms with Crippen molar-refractivity contribution >= 4 is 37.2 Å². The third-order valence-electron chi connectivity index (χ3n) is 11.3. The summed E-state index contributed by atoms with van der Waals surface area (Å²) in [6, 6.07) is 8.39. The number of rotatable bonds is 11. The molecule has 3 aromatic heterocycles. The molecule has 1 saturated heterocycles. The van der Waals surface area contributed by atoms with Gasteiger partial charge in [0.05, 0.1) is 50.5 Å². The van der Waals surface area contributed by atoms with Gasteiger partial charge in [-0.1, -0.05) is 6.07 Å². The Morgan fingerprint density at radius 2 is 0.988 bits per heavy atom. The number of H-pyrrole nitrogens is 1. The van der Waals surface area contributed by atoms with E-state index in [1.807, 2.05) is 27.7 Å². The molecule has 3 aromatic carbocycles. The fourth-order valence-corrected chi connectivity index (χ4v) is 6.74. The Morgan fingerprint density at radius 3 is 1.32 bits per heavy atom. The van der Waals surface area contributed by atoms with Crippen LogP contribution in [0.1, 0.15) is 103 Å². The smallest absolute Gasteiger partial charge is 0.494 e. The van der Waals surface area contributed by atoms with Gasteiger partial charge in [-0.05, 0) is 105 Å². The summed E-state index contributed by atoms with van der Waals surface area (Å²) in [6.45, 7) is 17.2. The van der Waals surface area contributed by atoms with E-state index in [1.165, 1.54) is 51.7 Å². The summed E-state index contributed by atoms with van der Waals surface area (Å²) in [7, 11) is 3.14. The minimum atomic E-state index is -4.74. The van der Waals surface area contributed by atoms with E-state index in [9.17, 15) is 62.3 Å². The number of nitrogens with zero attached hydrogens (tertiary/aromatic N) is 8. The van der Waals surface area contributed by atoms with Gasteiger partial charge in [0.25, 0.3) is 11.6 Å². The second kappa shape index (κ2) is 27.9. The van der Waals surface area contributed by atoms with Crippen LogP contribution in [0.15, 0.2) is 55.4 Å². The minimum absolute atomic E-state index is 0. The molecule has 84 heavy (non-hydrogen) atoms. The summed E-state index contributed by atoms with van der Waals surface area (Å²) in [6.07, 6.45) is -12.8. The molecule has 0 saturated carbocycles. The van der Waals surface area contributed by atoms with Crippen LogP contribution >= 0.6 is 12.4 Å². The van der Waals surface area contributed by atoms with Crippen LogP contribution in [0.4, 0.5) is 62.3 Å². The maximum absolute atomic E-state index is 14.9. The zero-order valence-electron chi connectivity index (χ0n) is 47.2. The van der Waals surface area contributed by atoms with Gasteiger partial charge >= 0.3 is 37.8 Å². The van der Waals surface area contributed by atoms with Crippen molar-refractivity contribution in [1.29, 1.82) is 0 Å². The van der Waals surface area contributed by atoms with Gasteiger partial charge in [-0.3, -0.25) is 5.10 Å².